The number of amides is 16. The van der Waals surface area contributed by atoms with Gasteiger partial charge in [-0.2, -0.15) is 25.3 Å². The van der Waals surface area contributed by atoms with Crippen LogP contribution in [-0.4, -0.2) is 307 Å². The van der Waals surface area contributed by atoms with Gasteiger partial charge in [0.05, 0.1) is 31.3 Å². The van der Waals surface area contributed by atoms with E-state index in [2.05, 4.69) is 105 Å². The molecule has 1 aliphatic rings. The van der Waals surface area contributed by atoms with Crippen LogP contribution in [0.25, 0.3) is 0 Å². The number of phenols is 2. The number of nitrogens with one attached hydrogen (secondary N) is 14. The van der Waals surface area contributed by atoms with Crippen molar-refractivity contribution in [2.24, 2.45) is 68.6 Å². The zero-order valence-electron chi connectivity index (χ0n) is 75.8. The summed E-state index contributed by atoms with van der Waals surface area (Å²) >= 11 is 8.85. The van der Waals surface area contributed by atoms with E-state index in [0.717, 1.165) is 6.92 Å². The van der Waals surface area contributed by atoms with Gasteiger partial charge in [-0.25, -0.2) is 4.79 Å². The largest absolute Gasteiger partial charge is 0.508 e. The summed E-state index contributed by atoms with van der Waals surface area (Å²) in [6, 6.07) is -14.4. The Morgan fingerprint density at radius 3 is 1.27 bits per heavy atom. The number of carbonyl (C=O) groups excluding carboxylic acids is 16. The minimum atomic E-state index is -1.98. The normalized spacial score (nSPS) is 17.2. The molecule has 0 aliphatic carbocycles. The highest BCUT2D eigenvalue weighted by Gasteiger charge is 2.46. The third kappa shape index (κ3) is 38.1. The molecule has 0 radical (unpaired) electrons. The van der Waals surface area contributed by atoms with Crippen LogP contribution in [0.4, 0.5) is 0 Å². The molecule has 0 unspecified atom stereocenters. The lowest BCUT2D eigenvalue weighted by Crippen LogP contribution is -2.64. The number of carbonyl (C=O) groups is 17. The number of likely N-dealkylation sites (tertiary alicyclic amines) is 1. The first-order valence-electron chi connectivity index (χ1n) is 43.6. The Labute approximate surface area is 776 Å². The van der Waals surface area contributed by atoms with E-state index in [1.54, 1.807) is 41.5 Å². The number of β-amino-alcohol motifs (C(OH)–C–C–N with tert-alkyl or cyclic N) is 1. The smallest absolute Gasteiger partial charge is 0.326 e. The molecular formula is C83H138N24O23S2. The Kier molecular flexibility index (Phi) is 49.8. The zero-order chi connectivity index (χ0) is 99.7. The van der Waals surface area contributed by atoms with E-state index in [1.165, 1.54) is 67.3 Å². The number of rotatable bonds is 59. The van der Waals surface area contributed by atoms with E-state index in [1.807, 2.05) is 0 Å². The van der Waals surface area contributed by atoms with Crippen molar-refractivity contribution in [2.75, 3.05) is 51.6 Å². The minimum absolute atomic E-state index is 0.0920. The van der Waals surface area contributed by atoms with Crippen LogP contribution in [-0.2, 0) is 94.3 Å². The number of nitrogens with zero attached hydrogens (tertiary/aromatic N) is 2. The standard InChI is InChI=1S/C83H138N24O23S2/c1-10-41(5)62(104-77(125)63(42(6)11-2)103-75(123)59-35-48(112)37-107(59)80(128)61(89)40(3)4)76(124)98-54(33-44-17-21-46(110)22-18-44)72(120)106-65(83(8,9)132)79(127)99-55(36-60(88)113)71(119)94-50(16-14-32-92-82(90)91)66(114)95-53(27-31-87)70(118)105-64(43(7)109)78(126)97-52(26-30-86)68(116)93-49(15-12-13-28-84)67(115)102-58(39-131)74(122)96-51(25-29-85)69(117)101-57(38-108)73(121)100-56(81(129)130)34-45-19-23-47(111)24-20-45/h17-24,40-43,48-59,61-65,108-112,131-132H,10-16,25-39,84-87,89H2,1-9H3,(H2,88,113)(H,93,116)(H,94,119)(H,95,114)(H,96,122)(H,97,126)(H,98,124)(H,99,127)(H,100,121)(H,101,117)(H,102,115)(H,103,123)(H,104,125)(H,105,118)(H,106,120)(H,129,130)(H4,90,91,92)/t41-,42-,43+,48+,49-,50-,51-,52+,53-,54-,55-,56-,57-,58-,59-,61-,62-,63-,64-,65+/m0/s1. The number of aliphatic hydroxyl groups excluding tert-OH is 3. The second-order valence-electron chi connectivity index (χ2n) is 33.4. The SMILES string of the molecule is CC[C@H](C)[C@H](NC(=O)[C@@H](NC(=O)[C@@H]1C[C@@H](O)CN1C(=O)[C@@H](N)C(C)C)[C@@H](C)CC)C(=O)N[C@@H](Cc1ccc(O)cc1)C(=O)N[C@H](C(=O)N[C@@H](CC(N)=O)C(=O)N[C@@H](CCCN=C(N)N)C(=O)N[C@@H](CCN)C(=O)N[C@H](C(=O)N[C@H](CCN)C(=O)N[C@@H](CCCCN)C(=O)N[C@@H](CS)C(=O)N[C@@H](CCN)C(=O)N[C@@H](CO)C(=O)N[C@@H](Cc1ccc(O)cc1)C(=O)O)[C@@H](C)O)C(C)(C)S. The number of aliphatic carboxylic acids is 1. The van der Waals surface area contributed by atoms with Crippen LogP contribution in [0.5, 0.6) is 11.5 Å². The maximum atomic E-state index is 15.0. The van der Waals surface area contributed by atoms with E-state index < -0.39 is 251 Å². The molecule has 1 fully saturated rings. The third-order valence-electron chi connectivity index (χ3n) is 21.9. The first-order chi connectivity index (χ1) is 62.0. The maximum absolute atomic E-state index is 15.0. The number of primary amides is 1. The Bertz CT molecular complexity index is 4230. The summed E-state index contributed by atoms with van der Waals surface area (Å²) in [5, 5.41) is 96.2. The van der Waals surface area contributed by atoms with Crippen molar-refractivity contribution in [2.45, 2.75) is 266 Å². The average molecular weight is 1900 g/mol. The molecule has 3 rings (SSSR count). The number of phenolic OH excluding ortho intramolecular Hbond substituents is 2. The van der Waals surface area contributed by atoms with Crippen LogP contribution in [0.2, 0.25) is 0 Å². The number of carboxylic acids is 1. The topological polar surface area (TPSA) is 804 Å². The molecule has 132 heavy (non-hydrogen) atoms. The number of guanidine groups is 1. The molecule has 47 nitrogen and oxygen atoms in total. The number of nitrogens with two attached hydrogens (primary N) is 8. The summed E-state index contributed by atoms with van der Waals surface area (Å²) in [5.41, 5.74) is 47.2. The Morgan fingerprint density at radius 2 is 0.848 bits per heavy atom. The molecule has 16 amide bonds. The summed E-state index contributed by atoms with van der Waals surface area (Å²) in [6.07, 6.45) is -5.14. The number of aliphatic hydroxyl groups is 3. The molecule has 2 aromatic carbocycles. The summed E-state index contributed by atoms with van der Waals surface area (Å²) in [7, 11) is 0. The van der Waals surface area contributed by atoms with Gasteiger partial charge in [0.2, 0.25) is 94.5 Å². The lowest BCUT2D eigenvalue weighted by molar-refractivity contribution is -0.142. The van der Waals surface area contributed by atoms with Crippen LogP contribution >= 0.6 is 25.3 Å². The van der Waals surface area contributed by atoms with Crippen molar-refractivity contribution >= 4 is 132 Å². The first-order valence-corrected chi connectivity index (χ1v) is 44.7. The predicted octanol–water partition coefficient (Wildman–Crippen LogP) is -9.09. The third-order valence-corrected chi connectivity index (χ3v) is 22.5. The molecule has 1 heterocycles. The molecule has 0 aromatic heterocycles. The fourth-order valence-electron chi connectivity index (χ4n) is 13.6. The highest BCUT2D eigenvalue weighted by atomic mass is 32.1. The fraction of sp³-hybridized carbons (Fsp3) is 0.639. The van der Waals surface area contributed by atoms with Gasteiger partial charge in [-0.3, -0.25) is 81.7 Å². The van der Waals surface area contributed by atoms with Crippen molar-refractivity contribution in [3.05, 3.63) is 59.7 Å². The van der Waals surface area contributed by atoms with Crippen molar-refractivity contribution in [3.8, 4) is 11.5 Å². The molecule has 0 bridgehead atoms. The number of unbranched alkanes of at least 4 members (excludes halogenated alkanes) is 1. The molecule has 20 atom stereocenters. The summed E-state index contributed by atoms with van der Waals surface area (Å²) in [6.45, 7) is 11.9. The summed E-state index contributed by atoms with van der Waals surface area (Å²) < 4.78 is -1.61. The van der Waals surface area contributed by atoms with E-state index >= 15 is 0 Å². The van der Waals surface area contributed by atoms with Gasteiger partial charge in [0, 0.05) is 42.9 Å². The Morgan fingerprint density at radius 1 is 0.477 bits per heavy atom. The molecule has 1 aliphatic heterocycles. The number of aromatic hydroxyl groups is 2. The summed E-state index contributed by atoms with van der Waals surface area (Å²) in [4.78, 5) is 244. The van der Waals surface area contributed by atoms with Gasteiger partial charge in [0.15, 0.2) is 5.96 Å². The molecule has 740 valence electrons. The van der Waals surface area contributed by atoms with Gasteiger partial charge in [0.1, 0.15) is 102 Å². The van der Waals surface area contributed by atoms with E-state index in [4.69, 9.17) is 45.9 Å². The minimum Gasteiger partial charge on any atom is -0.508 e. The molecule has 0 spiro atoms. The van der Waals surface area contributed by atoms with E-state index in [-0.39, 0.29) is 127 Å². The summed E-state index contributed by atoms with van der Waals surface area (Å²) in [5.74, 6) is -20.7. The number of aliphatic imine (C=N–C) groups is 1. The molecule has 2 aromatic rings. The van der Waals surface area contributed by atoms with E-state index in [0.29, 0.717) is 24.0 Å². The van der Waals surface area contributed by atoms with Gasteiger partial charge < -0.3 is 156 Å². The zero-order valence-corrected chi connectivity index (χ0v) is 77.6. The van der Waals surface area contributed by atoms with Crippen molar-refractivity contribution < 1.29 is 112 Å². The lowest BCUT2D eigenvalue weighted by atomic mass is 9.94. The van der Waals surface area contributed by atoms with E-state index in [9.17, 15) is 112 Å². The highest BCUT2D eigenvalue weighted by molar-refractivity contribution is 7.81. The van der Waals surface area contributed by atoms with Crippen LogP contribution in [0.1, 0.15) is 150 Å². The van der Waals surface area contributed by atoms with Gasteiger partial charge in [0.25, 0.3) is 0 Å². The van der Waals surface area contributed by atoms with Gasteiger partial charge in [-0.1, -0.05) is 78.6 Å². The Hall–Kier alpha value is -11.3. The highest BCUT2D eigenvalue weighted by Crippen LogP contribution is 2.25. The van der Waals surface area contributed by atoms with Crippen LogP contribution in [0, 0.1) is 17.8 Å². The molecule has 36 N–H and O–H groups in total. The van der Waals surface area contributed by atoms with Gasteiger partial charge in [-0.05, 0) is 151 Å². The number of carboxylic acid groups (broad SMARTS) is 1. The second kappa shape index (κ2) is 57.2. The van der Waals surface area contributed by atoms with Crippen LogP contribution in [0.15, 0.2) is 53.5 Å². The second-order valence-corrected chi connectivity index (χ2v) is 34.9. The van der Waals surface area contributed by atoms with Crippen LogP contribution < -0.4 is 120 Å². The van der Waals surface area contributed by atoms with Gasteiger partial charge in [-0.15, -0.1) is 0 Å². The number of thiol groups is 2. The average Bonchev–Trinajstić information content (AvgIpc) is 1.61. The number of hydrogen-bond donors (Lipinski definition) is 30. The quantitative estimate of drug-likeness (QED) is 0.0127. The van der Waals surface area contributed by atoms with Crippen molar-refractivity contribution in [1.82, 2.24) is 79.3 Å². The number of hydrogen-bond acceptors (Lipinski definition) is 30. The first kappa shape index (κ1) is 115. The predicted molar refractivity (Wildman–Crippen MR) is 489 cm³/mol. The van der Waals surface area contributed by atoms with Gasteiger partial charge >= 0.3 is 5.97 Å². The lowest BCUT2D eigenvalue weighted by Gasteiger charge is -2.33. The molecule has 0 saturated carbocycles. The monoisotopic (exact) mass is 1900 g/mol. The Balaban J connectivity index is 1.93. The molecular weight excluding hydrogens is 1770 g/mol. The maximum Gasteiger partial charge on any atom is 0.326 e. The fourth-order valence-corrected chi connectivity index (χ4v) is 14.1. The van der Waals surface area contributed by atoms with Crippen molar-refractivity contribution in [3.63, 3.8) is 0 Å². The molecule has 49 heteroatoms. The van der Waals surface area contributed by atoms with Crippen LogP contribution in [0.3, 0.4) is 0 Å². The number of benzene rings is 2. The van der Waals surface area contributed by atoms with Crippen molar-refractivity contribution in [1.29, 1.82) is 0 Å². The molecule has 1 saturated heterocycles.